The SMILES string of the molecule is CCC(O)CNC(=O)CCCc1ccccc1. The van der Waals surface area contributed by atoms with Crippen molar-refractivity contribution in [2.75, 3.05) is 6.54 Å². The lowest BCUT2D eigenvalue weighted by atomic mass is 10.1. The van der Waals surface area contributed by atoms with Crippen LogP contribution < -0.4 is 5.32 Å². The summed E-state index contributed by atoms with van der Waals surface area (Å²) in [6.45, 7) is 2.26. The molecule has 1 aromatic carbocycles. The number of aryl methyl sites for hydroxylation is 1. The zero-order valence-electron chi connectivity index (χ0n) is 10.4. The van der Waals surface area contributed by atoms with Crippen LogP contribution in [-0.4, -0.2) is 23.7 Å². The largest absolute Gasteiger partial charge is 0.391 e. The minimum absolute atomic E-state index is 0.0217. The number of amides is 1. The van der Waals surface area contributed by atoms with Crippen molar-refractivity contribution < 1.29 is 9.90 Å². The van der Waals surface area contributed by atoms with E-state index in [2.05, 4.69) is 17.4 Å². The van der Waals surface area contributed by atoms with Gasteiger partial charge in [-0.15, -0.1) is 0 Å². The van der Waals surface area contributed by atoms with E-state index in [0.29, 0.717) is 19.4 Å². The molecule has 0 aliphatic heterocycles. The first-order valence-electron chi connectivity index (χ1n) is 6.21. The standard InChI is InChI=1S/C14H21NO2/c1-2-13(16)11-15-14(17)10-6-9-12-7-4-3-5-8-12/h3-5,7-8,13,16H,2,6,9-11H2,1H3,(H,15,17). The molecule has 0 spiro atoms. The maximum atomic E-state index is 11.4. The zero-order valence-corrected chi connectivity index (χ0v) is 10.4. The quantitative estimate of drug-likeness (QED) is 0.758. The molecule has 0 saturated carbocycles. The normalized spacial score (nSPS) is 12.1. The third-order valence-corrected chi connectivity index (χ3v) is 2.72. The summed E-state index contributed by atoms with van der Waals surface area (Å²) in [5.74, 6) is 0.0217. The van der Waals surface area contributed by atoms with Crippen molar-refractivity contribution in [2.24, 2.45) is 0 Å². The van der Waals surface area contributed by atoms with Gasteiger partial charge >= 0.3 is 0 Å². The van der Waals surface area contributed by atoms with Crippen LogP contribution >= 0.6 is 0 Å². The summed E-state index contributed by atoms with van der Waals surface area (Å²) in [5, 5.41) is 12.0. The highest BCUT2D eigenvalue weighted by atomic mass is 16.3. The molecule has 1 amide bonds. The fourth-order valence-electron chi connectivity index (χ4n) is 1.56. The summed E-state index contributed by atoms with van der Waals surface area (Å²) >= 11 is 0. The summed E-state index contributed by atoms with van der Waals surface area (Å²) in [5.41, 5.74) is 1.26. The number of rotatable bonds is 7. The fourth-order valence-corrected chi connectivity index (χ4v) is 1.56. The van der Waals surface area contributed by atoms with Gasteiger partial charge in [0.1, 0.15) is 0 Å². The van der Waals surface area contributed by atoms with E-state index in [-0.39, 0.29) is 5.91 Å². The summed E-state index contributed by atoms with van der Waals surface area (Å²) < 4.78 is 0. The molecular weight excluding hydrogens is 214 g/mol. The molecule has 1 aromatic rings. The van der Waals surface area contributed by atoms with E-state index in [4.69, 9.17) is 0 Å². The first-order chi connectivity index (χ1) is 8.22. The molecule has 0 saturated heterocycles. The van der Waals surface area contributed by atoms with Crippen LogP contribution in [0.3, 0.4) is 0 Å². The van der Waals surface area contributed by atoms with E-state index in [9.17, 15) is 9.90 Å². The Kier molecular flexibility index (Phi) is 6.33. The smallest absolute Gasteiger partial charge is 0.220 e. The zero-order chi connectivity index (χ0) is 12.5. The van der Waals surface area contributed by atoms with Crippen LogP contribution in [0.4, 0.5) is 0 Å². The number of benzene rings is 1. The molecule has 3 heteroatoms. The Labute approximate surface area is 103 Å². The monoisotopic (exact) mass is 235 g/mol. The molecule has 0 aliphatic rings. The number of hydrogen-bond acceptors (Lipinski definition) is 2. The second-order valence-electron chi connectivity index (χ2n) is 4.21. The minimum Gasteiger partial charge on any atom is -0.391 e. The number of carbonyl (C=O) groups excluding carboxylic acids is 1. The van der Waals surface area contributed by atoms with Gasteiger partial charge in [0.25, 0.3) is 0 Å². The Bertz CT molecular complexity index is 324. The molecule has 0 aromatic heterocycles. The minimum atomic E-state index is -0.423. The Hall–Kier alpha value is -1.35. The molecule has 0 radical (unpaired) electrons. The second kappa shape index (κ2) is 7.85. The van der Waals surface area contributed by atoms with Gasteiger partial charge in [-0.3, -0.25) is 4.79 Å². The molecule has 94 valence electrons. The molecular formula is C14H21NO2. The Balaban J connectivity index is 2.12. The summed E-state index contributed by atoms with van der Waals surface area (Å²) in [6.07, 6.45) is 2.53. The highest BCUT2D eigenvalue weighted by molar-refractivity contribution is 5.75. The first kappa shape index (κ1) is 13.7. The van der Waals surface area contributed by atoms with Crippen LogP contribution in [0.1, 0.15) is 31.7 Å². The second-order valence-corrected chi connectivity index (χ2v) is 4.21. The van der Waals surface area contributed by atoms with Crippen molar-refractivity contribution >= 4 is 5.91 Å². The topological polar surface area (TPSA) is 49.3 Å². The molecule has 3 nitrogen and oxygen atoms in total. The van der Waals surface area contributed by atoms with Crippen molar-refractivity contribution in [3.8, 4) is 0 Å². The van der Waals surface area contributed by atoms with Crippen LogP contribution in [0, 0.1) is 0 Å². The highest BCUT2D eigenvalue weighted by Crippen LogP contribution is 2.04. The third-order valence-electron chi connectivity index (χ3n) is 2.72. The molecule has 0 heterocycles. The lowest BCUT2D eigenvalue weighted by Gasteiger charge is -2.09. The van der Waals surface area contributed by atoms with Gasteiger partial charge in [-0.2, -0.15) is 0 Å². The number of carbonyl (C=O) groups is 1. The van der Waals surface area contributed by atoms with Crippen molar-refractivity contribution in [3.05, 3.63) is 35.9 Å². The lowest BCUT2D eigenvalue weighted by Crippen LogP contribution is -2.31. The van der Waals surface area contributed by atoms with E-state index in [0.717, 1.165) is 12.8 Å². The van der Waals surface area contributed by atoms with Crippen molar-refractivity contribution in [2.45, 2.75) is 38.7 Å². The van der Waals surface area contributed by atoms with Gasteiger partial charge in [0, 0.05) is 13.0 Å². The predicted molar refractivity (Wildman–Crippen MR) is 68.7 cm³/mol. The van der Waals surface area contributed by atoms with Gasteiger partial charge in [0.15, 0.2) is 0 Å². The summed E-state index contributed by atoms with van der Waals surface area (Å²) in [7, 11) is 0. The number of aliphatic hydroxyl groups excluding tert-OH is 1. The average molecular weight is 235 g/mol. The van der Waals surface area contributed by atoms with E-state index in [1.807, 2.05) is 25.1 Å². The Morgan fingerprint density at radius 1 is 1.35 bits per heavy atom. The Morgan fingerprint density at radius 3 is 2.71 bits per heavy atom. The van der Waals surface area contributed by atoms with Crippen molar-refractivity contribution in [1.29, 1.82) is 0 Å². The fraction of sp³-hybridized carbons (Fsp3) is 0.500. The van der Waals surface area contributed by atoms with Crippen LogP contribution in [0.15, 0.2) is 30.3 Å². The van der Waals surface area contributed by atoms with Gasteiger partial charge in [0.2, 0.25) is 5.91 Å². The highest BCUT2D eigenvalue weighted by Gasteiger charge is 2.04. The van der Waals surface area contributed by atoms with Gasteiger partial charge in [-0.1, -0.05) is 37.3 Å². The average Bonchev–Trinajstić information content (AvgIpc) is 2.37. The lowest BCUT2D eigenvalue weighted by molar-refractivity contribution is -0.121. The third kappa shape index (κ3) is 6.07. The predicted octanol–water partition coefficient (Wildman–Crippen LogP) is 1.90. The summed E-state index contributed by atoms with van der Waals surface area (Å²) in [6, 6.07) is 10.1. The Morgan fingerprint density at radius 2 is 2.06 bits per heavy atom. The first-order valence-corrected chi connectivity index (χ1v) is 6.21. The van der Waals surface area contributed by atoms with Gasteiger partial charge in [-0.05, 0) is 24.8 Å². The molecule has 1 rings (SSSR count). The molecule has 0 fully saturated rings. The van der Waals surface area contributed by atoms with Crippen LogP contribution in [0.25, 0.3) is 0 Å². The van der Waals surface area contributed by atoms with Crippen LogP contribution in [0.5, 0.6) is 0 Å². The van der Waals surface area contributed by atoms with E-state index in [1.165, 1.54) is 5.56 Å². The van der Waals surface area contributed by atoms with Crippen LogP contribution in [0.2, 0.25) is 0 Å². The van der Waals surface area contributed by atoms with Crippen molar-refractivity contribution in [1.82, 2.24) is 5.32 Å². The summed E-state index contributed by atoms with van der Waals surface area (Å²) in [4.78, 5) is 11.4. The van der Waals surface area contributed by atoms with E-state index >= 15 is 0 Å². The van der Waals surface area contributed by atoms with E-state index < -0.39 is 6.10 Å². The molecule has 1 atom stereocenters. The maximum Gasteiger partial charge on any atom is 0.220 e. The molecule has 17 heavy (non-hydrogen) atoms. The van der Waals surface area contributed by atoms with Gasteiger partial charge in [0.05, 0.1) is 6.10 Å². The van der Waals surface area contributed by atoms with E-state index in [1.54, 1.807) is 0 Å². The number of aliphatic hydroxyl groups is 1. The number of hydrogen-bond donors (Lipinski definition) is 2. The molecule has 2 N–H and O–H groups in total. The number of nitrogens with one attached hydrogen (secondary N) is 1. The maximum absolute atomic E-state index is 11.4. The van der Waals surface area contributed by atoms with Gasteiger partial charge < -0.3 is 10.4 Å². The molecule has 1 unspecified atom stereocenters. The molecule has 0 aliphatic carbocycles. The molecule has 0 bridgehead atoms. The van der Waals surface area contributed by atoms with Crippen molar-refractivity contribution in [3.63, 3.8) is 0 Å². The van der Waals surface area contributed by atoms with Gasteiger partial charge in [-0.25, -0.2) is 0 Å². The van der Waals surface area contributed by atoms with Crippen LogP contribution in [-0.2, 0) is 11.2 Å².